The van der Waals surface area contributed by atoms with Crippen LogP contribution in [0, 0.1) is 0 Å². The summed E-state index contributed by atoms with van der Waals surface area (Å²) < 4.78 is 5.25. The first-order valence-electron chi connectivity index (χ1n) is 6.91. The lowest BCUT2D eigenvalue weighted by Crippen LogP contribution is -2.41. The van der Waals surface area contributed by atoms with E-state index in [4.69, 9.17) is 4.74 Å². The second-order valence-electron chi connectivity index (χ2n) is 5.91. The van der Waals surface area contributed by atoms with E-state index in [1.54, 1.807) is 0 Å². The van der Waals surface area contributed by atoms with Crippen molar-refractivity contribution in [1.29, 1.82) is 0 Å². The number of nitrogens with one attached hydrogen (secondary N) is 1. The molecule has 1 atom stereocenters. The largest absolute Gasteiger partial charge is 0.444 e. The zero-order valence-corrected chi connectivity index (χ0v) is 14.3. The number of alkyl halides is 1. The first-order valence-corrected chi connectivity index (χ1v) is 8.03. The number of hydrogen-bond acceptors (Lipinski definition) is 3. The topological polar surface area (TPSA) is 55.4 Å². The zero-order chi connectivity index (χ0) is 15.9. The van der Waals surface area contributed by atoms with E-state index in [9.17, 15) is 9.59 Å². The molecule has 0 bridgehead atoms. The van der Waals surface area contributed by atoms with Crippen LogP contribution in [0.15, 0.2) is 30.3 Å². The molecule has 0 heterocycles. The van der Waals surface area contributed by atoms with Crippen molar-refractivity contribution >= 4 is 27.8 Å². The van der Waals surface area contributed by atoms with Crippen LogP contribution < -0.4 is 5.32 Å². The molecule has 0 aromatic heterocycles. The van der Waals surface area contributed by atoms with Gasteiger partial charge in [0, 0.05) is 12.5 Å². The number of benzene rings is 1. The third-order valence-electron chi connectivity index (χ3n) is 2.67. The third-order valence-corrected chi connectivity index (χ3v) is 3.29. The van der Waals surface area contributed by atoms with Gasteiger partial charge >= 0.3 is 6.09 Å². The molecule has 5 heteroatoms. The minimum atomic E-state index is -0.555. The van der Waals surface area contributed by atoms with E-state index >= 15 is 0 Å². The van der Waals surface area contributed by atoms with Crippen molar-refractivity contribution in [2.75, 3.05) is 5.33 Å². The number of alkyl carbamates (subject to hydrolysis) is 1. The number of carbonyl (C=O) groups is 2. The lowest BCUT2D eigenvalue weighted by molar-refractivity contribution is -0.116. The molecule has 1 rings (SSSR count). The molecular formula is C16H22BrNO3. The van der Waals surface area contributed by atoms with Gasteiger partial charge in [-0.15, -0.1) is 0 Å². The smallest absolute Gasteiger partial charge is 0.407 e. The zero-order valence-electron chi connectivity index (χ0n) is 12.7. The van der Waals surface area contributed by atoms with E-state index < -0.39 is 11.7 Å². The highest BCUT2D eigenvalue weighted by molar-refractivity contribution is 9.09. The maximum atomic E-state index is 11.9. The monoisotopic (exact) mass is 355 g/mol. The lowest BCUT2D eigenvalue weighted by Gasteiger charge is -2.23. The highest BCUT2D eigenvalue weighted by Gasteiger charge is 2.21. The number of Topliss-reactive ketones (excluding diaryl/α,β-unsaturated/α-hetero) is 1. The lowest BCUT2D eigenvalue weighted by atomic mass is 10.0. The summed E-state index contributed by atoms with van der Waals surface area (Å²) in [7, 11) is 0. The van der Waals surface area contributed by atoms with Gasteiger partial charge in [-0.05, 0) is 32.8 Å². The molecule has 1 aromatic carbocycles. The van der Waals surface area contributed by atoms with Crippen molar-refractivity contribution in [3.05, 3.63) is 35.9 Å². The van der Waals surface area contributed by atoms with Gasteiger partial charge in [0.2, 0.25) is 0 Å². The van der Waals surface area contributed by atoms with Crippen LogP contribution >= 0.6 is 15.9 Å². The van der Waals surface area contributed by atoms with Crippen LogP contribution in [0.3, 0.4) is 0 Å². The molecule has 0 aliphatic rings. The van der Waals surface area contributed by atoms with E-state index in [0.717, 1.165) is 5.56 Å². The van der Waals surface area contributed by atoms with Crippen molar-refractivity contribution in [1.82, 2.24) is 5.32 Å². The SMILES string of the molecule is CC(C)(C)OC(=O)N[C@H](CC(=O)CBr)Cc1ccccc1. The highest BCUT2D eigenvalue weighted by Crippen LogP contribution is 2.10. The summed E-state index contributed by atoms with van der Waals surface area (Å²) in [5.41, 5.74) is 0.516. The average molecular weight is 356 g/mol. The summed E-state index contributed by atoms with van der Waals surface area (Å²) in [6.45, 7) is 5.42. The van der Waals surface area contributed by atoms with Crippen LogP contribution in [0.2, 0.25) is 0 Å². The average Bonchev–Trinajstić information content (AvgIpc) is 2.37. The summed E-state index contributed by atoms with van der Waals surface area (Å²) in [5.74, 6) is 0.0481. The van der Waals surface area contributed by atoms with Gasteiger partial charge in [0.15, 0.2) is 0 Å². The maximum absolute atomic E-state index is 11.9. The molecule has 116 valence electrons. The summed E-state index contributed by atoms with van der Waals surface area (Å²) in [6.07, 6.45) is 0.379. The molecule has 1 aromatic rings. The highest BCUT2D eigenvalue weighted by atomic mass is 79.9. The minimum Gasteiger partial charge on any atom is -0.444 e. The summed E-state index contributed by atoms with van der Waals surface area (Å²) in [4.78, 5) is 23.5. The molecule has 21 heavy (non-hydrogen) atoms. The quantitative estimate of drug-likeness (QED) is 0.794. The van der Waals surface area contributed by atoms with Crippen LogP contribution in [-0.4, -0.2) is 28.8 Å². The summed E-state index contributed by atoms with van der Waals surface area (Å²) in [6, 6.07) is 9.49. The van der Waals surface area contributed by atoms with Gasteiger partial charge in [-0.2, -0.15) is 0 Å². The number of ether oxygens (including phenoxy) is 1. The Labute approximate surface area is 134 Å². The van der Waals surface area contributed by atoms with Crippen molar-refractivity contribution in [2.24, 2.45) is 0 Å². The molecule has 1 amide bonds. The number of amides is 1. The molecule has 0 spiro atoms. The van der Waals surface area contributed by atoms with Gasteiger partial charge in [0.05, 0.1) is 5.33 Å². The number of halogens is 1. The van der Waals surface area contributed by atoms with Gasteiger partial charge in [-0.1, -0.05) is 46.3 Å². The molecule has 0 saturated heterocycles. The van der Waals surface area contributed by atoms with Crippen LogP contribution in [-0.2, 0) is 16.0 Å². The predicted molar refractivity (Wildman–Crippen MR) is 86.7 cm³/mol. The number of rotatable bonds is 6. The van der Waals surface area contributed by atoms with E-state index in [1.165, 1.54) is 0 Å². The van der Waals surface area contributed by atoms with E-state index in [1.807, 2.05) is 51.1 Å². The Bertz CT molecular complexity index is 468. The maximum Gasteiger partial charge on any atom is 0.407 e. The van der Waals surface area contributed by atoms with Crippen molar-refractivity contribution in [3.63, 3.8) is 0 Å². The second-order valence-corrected chi connectivity index (χ2v) is 6.47. The minimum absolute atomic E-state index is 0.0481. The van der Waals surface area contributed by atoms with E-state index in [0.29, 0.717) is 6.42 Å². The van der Waals surface area contributed by atoms with Crippen LogP contribution in [0.1, 0.15) is 32.8 Å². The Morgan fingerprint density at radius 2 is 1.86 bits per heavy atom. The number of ketones is 1. The van der Waals surface area contributed by atoms with E-state index in [-0.39, 0.29) is 23.6 Å². The molecule has 0 saturated carbocycles. The molecule has 0 aliphatic heterocycles. The van der Waals surface area contributed by atoms with E-state index in [2.05, 4.69) is 21.2 Å². The fraction of sp³-hybridized carbons (Fsp3) is 0.500. The van der Waals surface area contributed by atoms with Crippen molar-refractivity contribution in [2.45, 2.75) is 45.3 Å². The predicted octanol–water partition coefficient (Wildman–Crippen LogP) is 3.48. The first kappa shape index (κ1) is 17.7. The Hall–Kier alpha value is -1.36. The van der Waals surface area contributed by atoms with Crippen molar-refractivity contribution < 1.29 is 14.3 Å². The summed E-state index contributed by atoms with van der Waals surface area (Å²) in [5, 5.41) is 3.07. The molecular weight excluding hydrogens is 334 g/mol. The van der Waals surface area contributed by atoms with Gasteiger partial charge in [-0.3, -0.25) is 4.79 Å². The Kier molecular flexibility index (Phi) is 6.89. The molecule has 4 nitrogen and oxygen atoms in total. The number of carbonyl (C=O) groups excluding carboxylic acids is 2. The third kappa shape index (κ3) is 7.85. The van der Waals surface area contributed by atoms with Crippen LogP contribution in [0.25, 0.3) is 0 Å². The normalized spacial score (nSPS) is 12.6. The second kappa shape index (κ2) is 8.17. The first-order chi connectivity index (χ1) is 9.80. The Morgan fingerprint density at radius 3 is 2.38 bits per heavy atom. The Balaban J connectivity index is 2.68. The van der Waals surface area contributed by atoms with Crippen LogP contribution in [0.4, 0.5) is 4.79 Å². The fourth-order valence-corrected chi connectivity index (χ4v) is 2.11. The van der Waals surface area contributed by atoms with Crippen LogP contribution in [0.5, 0.6) is 0 Å². The molecule has 0 radical (unpaired) electrons. The molecule has 0 unspecified atom stereocenters. The molecule has 0 aliphatic carbocycles. The molecule has 1 N–H and O–H groups in total. The standard InChI is InChI=1S/C16H22BrNO3/c1-16(2,3)21-15(20)18-13(10-14(19)11-17)9-12-7-5-4-6-8-12/h4-8,13H,9-11H2,1-3H3,(H,18,20)/t13-/m0/s1. The Morgan fingerprint density at radius 1 is 1.24 bits per heavy atom. The van der Waals surface area contributed by atoms with Gasteiger partial charge < -0.3 is 10.1 Å². The summed E-state index contributed by atoms with van der Waals surface area (Å²) >= 11 is 3.15. The van der Waals surface area contributed by atoms with Gasteiger partial charge in [0.25, 0.3) is 0 Å². The molecule has 0 fully saturated rings. The van der Waals surface area contributed by atoms with Crippen molar-refractivity contribution in [3.8, 4) is 0 Å². The number of hydrogen-bond donors (Lipinski definition) is 1. The van der Waals surface area contributed by atoms with Gasteiger partial charge in [-0.25, -0.2) is 4.79 Å². The fourth-order valence-electron chi connectivity index (χ4n) is 1.88. The van der Waals surface area contributed by atoms with Gasteiger partial charge in [0.1, 0.15) is 11.4 Å².